The van der Waals surface area contributed by atoms with E-state index in [1.165, 1.54) is 10.8 Å². The van der Waals surface area contributed by atoms with Gasteiger partial charge in [-0.2, -0.15) is 27.8 Å². The molecule has 2 unspecified atom stereocenters. The quantitative estimate of drug-likeness (QED) is 0.858. The number of amides is 1. The highest BCUT2D eigenvalue weighted by Gasteiger charge is 2.35. The van der Waals surface area contributed by atoms with Gasteiger partial charge >= 0.3 is 6.18 Å². The number of anilines is 1. The Labute approximate surface area is 155 Å². The first-order chi connectivity index (χ1) is 12.8. The Kier molecular flexibility index (Phi) is 5.52. The van der Waals surface area contributed by atoms with Gasteiger partial charge in [-0.05, 0) is 26.2 Å². The third kappa shape index (κ3) is 4.30. The summed E-state index contributed by atoms with van der Waals surface area (Å²) in [5.41, 5.74) is -1.01. The predicted molar refractivity (Wildman–Crippen MR) is 93.2 cm³/mol. The number of hydrogen-bond acceptors (Lipinski definition) is 5. The lowest BCUT2D eigenvalue weighted by Gasteiger charge is -2.34. The van der Waals surface area contributed by atoms with Gasteiger partial charge in [-0.3, -0.25) is 4.79 Å². The van der Waals surface area contributed by atoms with Crippen molar-refractivity contribution in [2.24, 2.45) is 5.92 Å². The number of carbonyl (C=O) groups is 1. The van der Waals surface area contributed by atoms with Crippen molar-refractivity contribution in [3.63, 3.8) is 0 Å². The number of piperidine rings is 1. The number of aromatic nitrogens is 4. The molecule has 3 heterocycles. The second-order valence-electron chi connectivity index (χ2n) is 6.95. The van der Waals surface area contributed by atoms with Crippen LogP contribution in [-0.4, -0.2) is 44.6 Å². The molecule has 1 fully saturated rings. The molecule has 10 heteroatoms. The Morgan fingerprint density at radius 1 is 1.44 bits per heavy atom. The molecular weight excluding hydrogens is 361 g/mol. The monoisotopic (exact) mass is 384 g/mol. The largest absolute Gasteiger partial charge is 0.433 e. The van der Waals surface area contributed by atoms with E-state index in [9.17, 15) is 18.0 Å². The molecule has 0 bridgehead atoms. The van der Waals surface area contributed by atoms with Crippen molar-refractivity contribution in [1.29, 1.82) is 0 Å². The van der Waals surface area contributed by atoms with E-state index in [0.717, 1.165) is 18.9 Å². The van der Waals surface area contributed by atoms with Gasteiger partial charge in [0.1, 0.15) is 12.1 Å². The summed E-state index contributed by atoms with van der Waals surface area (Å²) in [6.45, 7) is 4.89. The first kappa shape index (κ1) is 19.4. The van der Waals surface area contributed by atoms with E-state index in [1.807, 2.05) is 6.92 Å². The van der Waals surface area contributed by atoms with E-state index in [4.69, 9.17) is 0 Å². The molecule has 0 spiro atoms. The number of alkyl halides is 3. The Morgan fingerprint density at radius 2 is 2.22 bits per heavy atom. The summed E-state index contributed by atoms with van der Waals surface area (Å²) in [6, 6.07) is 1.06. The van der Waals surface area contributed by atoms with Gasteiger partial charge in [0, 0.05) is 25.2 Å². The summed E-state index contributed by atoms with van der Waals surface area (Å²) in [7, 11) is 0. The lowest BCUT2D eigenvalue weighted by molar-refractivity contribution is -0.141. The normalized spacial score (nSPS) is 19.3. The highest BCUT2D eigenvalue weighted by molar-refractivity contribution is 5.79. The third-order valence-electron chi connectivity index (χ3n) is 4.75. The molecule has 0 radical (unpaired) electrons. The molecule has 0 aromatic carbocycles. The standard InChI is InChI=1S/C17H23F3N6O/c1-3-5-11(2)23-15(27)12-6-4-7-25(9-12)14-8-13(17(18,19)20)24-16-21-10-22-26(14)16/h8,10-12H,3-7,9H2,1-2H3,(H,23,27). The van der Waals surface area contributed by atoms with Crippen LogP contribution in [0, 0.1) is 5.92 Å². The van der Waals surface area contributed by atoms with Crippen LogP contribution in [0.25, 0.3) is 5.78 Å². The predicted octanol–water partition coefficient (Wildman–Crippen LogP) is 2.66. The highest BCUT2D eigenvalue weighted by Crippen LogP contribution is 2.32. The van der Waals surface area contributed by atoms with Crippen LogP contribution in [0.2, 0.25) is 0 Å². The molecule has 1 aliphatic rings. The molecule has 27 heavy (non-hydrogen) atoms. The van der Waals surface area contributed by atoms with Crippen molar-refractivity contribution in [3.8, 4) is 0 Å². The number of halogens is 3. The molecule has 2 atom stereocenters. The van der Waals surface area contributed by atoms with Gasteiger partial charge in [0.25, 0.3) is 5.78 Å². The summed E-state index contributed by atoms with van der Waals surface area (Å²) >= 11 is 0. The maximum atomic E-state index is 13.2. The van der Waals surface area contributed by atoms with Gasteiger partial charge < -0.3 is 10.2 Å². The molecule has 1 saturated heterocycles. The van der Waals surface area contributed by atoms with Crippen LogP contribution in [-0.2, 0) is 11.0 Å². The Morgan fingerprint density at radius 3 is 2.93 bits per heavy atom. The Balaban J connectivity index is 1.84. The molecule has 1 amide bonds. The van der Waals surface area contributed by atoms with Crippen molar-refractivity contribution in [3.05, 3.63) is 18.1 Å². The number of nitrogens with one attached hydrogen (secondary N) is 1. The molecule has 0 saturated carbocycles. The third-order valence-corrected chi connectivity index (χ3v) is 4.75. The fourth-order valence-electron chi connectivity index (χ4n) is 3.43. The summed E-state index contributed by atoms with van der Waals surface area (Å²) in [5.74, 6) is -0.188. The molecule has 1 N–H and O–H groups in total. The van der Waals surface area contributed by atoms with E-state index in [2.05, 4.69) is 27.3 Å². The topological polar surface area (TPSA) is 75.4 Å². The van der Waals surface area contributed by atoms with Gasteiger partial charge in [0.2, 0.25) is 5.91 Å². The zero-order chi connectivity index (χ0) is 19.6. The van der Waals surface area contributed by atoms with Crippen LogP contribution < -0.4 is 10.2 Å². The first-order valence-corrected chi connectivity index (χ1v) is 9.13. The smallest absolute Gasteiger partial charge is 0.356 e. The average molecular weight is 384 g/mol. The number of rotatable bonds is 5. The van der Waals surface area contributed by atoms with Crippen LogP contribution in [0.1, 0.15) is 45.2 Å². The van der Waals surface area contributed by atoms with Gasteiger partial charge in [-0.1, -0.05) is 13.3 Å². The molecule has 2 aromatic rings. The van der Waals surface area contributed by atoms with Crippen LogP contribution in [0.15, 0.2) is 12.4 Å². The fourth-order valence-corrected chi connectivity index (χ4v) is 3.43. The van der Waals surface area contributed by atoms with Gasteiger partial charge in [-0.15, -0.1) is 0 Å². The van der Waals surface area contributed by atoms with Crippen LogP contribution in [0.4, 0.5) is 19.0 Å². The minimum atomic E-state index is -4.58. The average Bonchev–Trinajstić information content (AvgIpc) is 3.09. The van der Waals surface area contributed by atoms with Crippen LogP contribution in [0.5, 0.6) is 0 Å². The molecule has 3 rings (SSSR count). The van der Waals surface area contributed by atoms with E-state index in [-0.39, 0.29) is 29.5 Å². The number of carbonyl (C=O) groups excluding carboxylic acids is 1. The second kappa shape index (κ2) is 7.69. The van der Waals surface area contributed by atoms with Crippen molar-refractivity contribution in [2.45, 2.75) is 51.7 Å². The summed E-state index contributed by atoms with van der Waals surface area (Å²) in [6.07, 6.45) is -0.128. The van der Waals surface area contributed by atoms with E-state index in [0.29, 0.717) is 25.9 Å². The first-order valence-electron chi connectivity index (χ1n) is 9.13. The van der Waals surface area contributed by atoms with Crippen molar-refractivity contribution < 1.29 is 18.0 Å². The maximum Gasteiger partial charge on any atom is 0.433 e. The zero-order valence-electron chi connectivity index (χ0n) is 15.3. The van der Waals surface area contributed by atoms with Crippen LogP contribution in [0.3, 0.4) is 0 Å². The second-order valence-corrected chi connectivity index (χ2v) is 6.95. The van der Waals surface area contributed by atoms with Crippen molar-refractivity contribution in [1.82, 2.24) is 24.9 Å². The molecular formula is C17H23F3N6O. The Hall–Kier alpha value is -2.39. The van der Waals surface area contributed by atoms with E-state index >= 15 is 0 Å². The number of hydrogen-bond donors (Lipinski definition) is 1. The molecule has 1 aliphatic heterocycles. The Bertz CT molecular complexity index is 806. The number of fused-ring (bicyclic) bond motifs is 1. The molecule has 2 aromatic heterocycles. The summed E-state index contributed by atoms with van der Waals surface area (Å²) in [4.78, 5) is 21.6. The lowest BCUT2D eigenvalue weighted by Crippen LogP contribution is -2.46. The molecule has 148 valence electrons. The lowest BCUT2D eigenvalue weighted by atomic mass is 9.96. The maximum absolute atomic E-state index is 13.2. The van der Waals surface area contributed by atoms with Crippen molar-refractivity contribution in [2.75, 3.05) is 18.0 Å². The van der Waals surface area contributed by atoms with E-state index in [1.54, 1.807) is 4.90 Å². The highest BCUT2D eigenvalue weighted by atomic mass is 19.4. The van der Waals surface area contributed by atoms with Crippen LogP contribution >= 0.6 is 0 Å². The minimum Gasteiger partial charge on any atom is -0.356 e. The molecule has 7 nitrogen and oxygen atoms in total. The van der Waals surface area contributed by atoms with Crippen molar-refractivity contribution >= 4 is 17.5 Å². The fraction of sp³-hybridized carbons (Fsp3) is 0.647. The van der Waals surface area contributed by atoms with Gasteiger partial charge in [0.05, 0.1) is 5.92 Å². The minimum absolute atomic E-state index is 0.0550. The summed E-state index contributed by atoms with van der Waals surface area (Å²) in [5, 5.41) is 6.99. The SMILES string of the molecule is CCCC(C)NC(=O)C1CCCN(c2cc(C(F)(F)F)nc3ncnn23)C1. The van der Waals surface area contributed by atoms with Gasteiger partial charge in [0.15, 0.2) is 5.69 Å². The summed E-state index contributed by atoms with van der Waals surface area (Å²) < 4.78 is 40.8. The molecule has 0 aliphatic carbocycles. The number of nitrogens with zero attached hydrogens (tertiary/aromatic N) is 5. The zero-order valence-corrected chi connectivity index (χ0v) is 15.3. The van der Waals surface area contributed by atoms with Gasteiger partial charge in [-0.25, -0.2) is 4.98 Å². The van der Waals surface area contributed by atoms with E-state index < -0.39 is 11.9 Å².